The number of anilines is 1. The molecule has 10 heteroatoms. The third-order valence-electron chi connectivity index (χ3n) is 5.93. The van der Waals surface area contributed by atoms with Crippen LogP contribution >= 0.6 is 11.6 Å². The Balaban J connectivity index is 1.39. The van der Waals surface area contributed by atoms with E-state index in [-0.39, 0.29) is 31.4 Å². The number of piperidine rings is 1. The molecule has 1 saturated heterocycles. The lowest BCUT2D eigenvalue weighted by atomic mass is 10.0. The van der Waals surface area contributed by atoms with E-state index in [1.54, 1.807) is 31.2 Å². The van der Waals surface area contributed by atoms with Gasteiger partial charge in [-0.1, -0.05) is 23.7 Å². The van der Waals surface area contributed by atoms with Crippen LogP contribution in [0.4, 0.5) is 10.5 Å². The normalized spacial score (nSPS) is 17.6. The zero-order chi connectivity index (χ0) is 23.7. The van der Waals surface area contributed by atoms with Crippen LogP contribution in [0.2, 0.25) is 5.02 Å². The molecule has 0 aliphatic carbocycles. The van der Waals surface area contributed by atoms with Crippen LogP contribution in [-0.2, 0) is 29.3 Å². The number of halogens is 1. The summed E-state index contributed by atoms with van der Waals surface area (Å²) in [5.74, 6) is -1.05. The molecule has 4 rings (SSSR count). The molecule has 9 nitrogen and oxygen atoms in total. The number of amides is 5. The van der Waals surface area contributed by atoms with E-state index in [4.69, 9.17) is 11.6 Å². The number of hydrogen-bond acceptors (Lipinski definition) is 5. The molecule has 2 aliphatic heterocycles. The molecule has 1 atom stereocenters. The molecule has 0 aromatic heterocycles. The molecular formula is C23H23ClN4O5. The van der Waals surface area contributed by atoms with Gasteiger partial charge in [-0.05, 0) is 53.8 Å². The van der Waals surface area contributed by atoms with Gasteiger partial charge in [-0.2, -0.15) is 0 Å². The first kappa shape index (κ1) is 22.8. The minimum Gasteiger partial charge on any atom is -0.392 e. The van der Waals surface area contributed by atoms with Crippen LogP contribution in [0.5, 0.6) is 0 Å². The predicted octanol–water partition coefficient (Wildman–Crippen LogP) is 2.22. The second-order valence-electron chi connectivity index (χ2n) is 8.10. The lowest BCUT2D eigenvalue weighted by Crippen LogP contribution is -2.52. The molecule has 0 spiro atoms. The van der Waals surface area contributed by atoms with Crippen LogP contribution in [0.25, 0.3) is 0 Å². The number of fused-ring (bicyclic) bond motifs is 1. The second kappa shape index (κ2) is 9.21. The molecule has 2 aliphatic rings. The molecule has 4 N–H and O–H groups in total. The minimum absolute atomic E-state index is 0.178. The largest absolute Gasteiger partial charge is 0.392 e. The molecule has 1 fully saturated rings. The van der Waals surface area contributed by atoms with Gasteiger partial charge in [0, 0.05) is 35.8 Å². The van der Waals surface area contributed by atoms with Gasteiger partial charge in [-0.25, -0.2) is 4.79 Å². The van der Waals surface area contributed by atoms with Crippen LogP contribution in [0, 0.1) is 6.92 Å². The first-order valence-electron chi connectivity index (χ1n) is 10.5. The van der Waals surface area contributed by atoms with E-state index in [1.807, 2.05) is 6.07 Å². The van der Waals surface area contributed by atoms with E-state index in [0.29, 0.717) is 34.8 Å². The molecule has 0 radical (unpaired) electrons. The Hall–Kier alpha value is -3.43. The summed E-state index contributed by atoms with van der Waals surface area (Å²) in [6.07, 6.45) is 0.507. The van der Waals surface area contributed by atoms with E-state index < -0.39 is 18.0 Å². The lowest BCUT2D eigenvalue weighted by Gasteiger charge is -2.29. The average Bonchev–Trinajstić information content (AvgIpc) is 3.10. The summed E-state index contributed by atoms with van der Waals surface area (Å²) in [6.45, 7) is 2.07. The number of rotatable bonds is 5. The molecule has 0 saturated carbocycles. The van der Waals surface area contributed by atoms with Crippen LogP contribution in [0.15, 0.2) is 30.3 Å². The first-order valence-corrected chi connectivity index (χ1v) is 10.9. The SMILES string of the molecule is Cc1c(Cl)cc(NC(=O)NCc2ccc3c(c2)C(=O)N(C2CCC(=O)NC2=O)C3)cc1CO. The Morgan fingerprint density at radius 3 is 2.76 bits per heavy atom. The monoisotopic (exact) mass is 470 g/mol. The standard InChI is InChI=1S/C23H23ClN4O5/c1-12-15(11-29)7-16(8-18(12)24)26-23(33)25-9-13-2-3-14-10-28(22(32)17(14)6-13)19-4-5-20(30)27-21(19)31/h2-3,6-8,19,29H,4-5,9-11H2,1H3,(H2,25,26,33)(H,27,30,31). The lowest BCUT2D eigenvalue weighted by molar-refractivity contribution is -0.136. The summed E-state index contributed by atoms with van der Waals surface area (Å²) < 4.78 is 0. The highest BCUT2D eigenvalue weighted by molar-refractivity contribution is 6.31. The second-order valence-corrected chi connectivity index (χ2v) is 8.51. The fraction of sp³-hybridized carbons (Fsp3) is 0.304. The summed E-state index contributed by atoms with van der Waals surface area (Å²) >= 11 is 6.15. The van der Waals surface area contributed by atoms with Crippen molar-refractivity contribution in [2.45, 2.75) is 45.5 Å². The van der Waals surface area contributed by atoms with Crippen LogP contribution in [-0.4, -0.2) is 39.8 Å². The molecule has 2 aromatic carbocycles. The maximum absolute atomic E-state index is 12.9. The molecule has 2 heterocycles. The topological polar surface area (TPSA) is 128 Å². The highest BCUT2D eigenvalue weighted by atomic mass is 35.5. The van der Waals surface area contributed by atoms with E-state index in [1.165, 1.54) is 4.90 Å². The summed E-state index contributed by atoms with van der Waals surface area (Å²) in [7, 11) is 0. The quantitative estimate of drug-likeness (QED) is 0.498. The Labute approximate surface area is 195 Å². The van der Waals surface area contributed by atoms with E-state index in [0.717, 1.165) is 16.7 Å². The van der Waals surface area contributed by atoms with E-state index in [9.17, 15) is 24.3 Å². The molecule has 33 heavy (non-hydrogen) atoms. The number of nitrogens with one attached hydrogen (secondary N) is 3. The molecule has 2 aromatic rings. The van der Waals surface area contributed by atoms with Crippen molar-refractivity contribution >= 4 is 41.0 Å². The number of hydrogen-bond donors (Lipinski definition) is 4. The van der Waals surface area contributed by atoms with Gasteiger partial charge in [0.1, 0.15) is 6.04 Å². The Kier molecular flexibility index (Phi) is 6.35. The zero-order valence-electron chi connectivity index (χ0n) is 17.9. The highest BCUT2D eigenvalue weighted by Gasteiger charge is 2.39. The van der Waals surface area contributed by atoms with Gasteiger partial charge in [-0.3, -0.25) is 19.7 Å². The van der Waals surface area contributed by atoms with Crippen molar-refractivity contribution in [2.24, 2.45) is 0 Å². The Bertz CT molecular complexity index is 1170. The van der Waals surface area contributed by atoms with E-state index in [2.05, 4.69) is 16.0 Å². The molecular weight excluding hydrogens is 448 g/mol. The number of aliphatic hydroxyl groups excluding tert-OH is 1. The zero-order valence-corrected chi connectivity index (χ0v) is 18.7. The van der Waals surface area contributed by atoms with Crippen molar-refractivity contribution in [2.75, 3.05) is 5.32 Å². The van der Waals surface area contributed by atoms with Crippen molar-refractivity contribution in [1.82, 2.24) is 15.5 Å². The molecule has 5 amide bonds. The fourth-order valence-electron chi connectivity index (χ4n) is 4.04. The Morgan fingerprint density at radius 2 is 2.03 bits per heavy atom. The Morgan fingerprint density at radius 1 is 1.24 bits per heavy atom. The first-order chi connectivity index (χ1) is 15.8. The number of aliphatic hydroxyl groups is 1. The van der Waals surface area contributed by atoms with Crippen LogP contribution < -0.4 is 16.0 Å². The van der Waals surface area contributed by atoms with Gasteiger partial charge in [0.2, 0.25) is 11.8 Å². The van der Waals surface area contributed by atoms with Crippen molar-refractivity contribution in [3.63, 3.8) is 0 Å². The summed E-state index contributed by atoms with van der Waals surface area (Å²) in [5, 5.41) is 17.6. The van der Waals surface area contributed by atoms with Gasteiger partial charge < -0.3 is 20.6 Å². The van der Waals surface area contributed by atoms with Crippen molar-refractivity contribution in [3.05, 3.63) is 63.2 Å². The van der Waals surface area contributed by atoms with E-state index >= 15 is 0 Å². The van der Waals surface area contributed by atoms with Gasteiger partial charge in [0.05, 0.1) is 6.61 Å². The third kappa shape index (κ3) is 4.69. The number of carbonyl (C=O) groups excluding carboxylic acids is 4. The third-order valence-corrected chi connectivity index (χ3v) is 6.32. The summed E-state index contributed by atoms with van der Waals surface area (Å²) in [6, 6.07) is 7.45. The molecule has 1 unspecified atom stereocenters. The van der Waals surface area contributed by atoms with Crippen LogP contribution in [0.1, 0.15) is 45.5 Å². The maximum atomic E-state index is 12.9. The fourth-order valence-corrected chi connectivity index (χ4v) is 4.28. The molecule has 172 valence electrons. The van der Waals surface area contributed by atoms with Gasteiger partial charge >= 0.3 is 6.03 Å². The summed E-state index contributed by atoms with van der Waals surface area (Å²) in [5.41, 5.74) is 3.83. The number of nitrogens with zero attached hydrogens (tertiary/aromatic N) is 1. The number of benzene rings is 2. The van der Waals surface area contributed by atoms with Crippen molar-refractivity contribution in [3.8, 4) is 0 Å². The van der Waals surface area contributed by atoms with Gasteiger partial charge in [-0.15, -0.1) is 0 Å². The number of imide groups is 1. The van der Waals surface area contributed by atoms with Crippen LogP contribution in [0.3, 0.4) is 0 Å². The number of urea groups is 1. The minimum atomic E-state index is -0.667. The van der Waals surface area contributed by atoms with Crippen molar-refractivity contribution < 1.29 is 24.3 Å². The maximum Gasteiger partial charge on any atom is 0.319 e. The highest BCUT2D eigenvalue weighted by Crippen LogP contribution is 2.28. The smallest absolute Gasteiger partial charge is 0.319 e. The van der Waals surface area contributed by atoms with Crippen molar-refractivity contribution in [1.29, 1.82) is 0 Å². The number of carbonyl (C=O) groups is 4. The van der Waals surface area contributed by atoms with Gasteiger partial charge in [0.15, 0.2) is 0 Å². The summed E-state index contributed by atoms with van der Waals surface area (Å²) in [4.78, 5) is 50.3. The predicted molar refractivity (Wildman–Crippen MR) is 120 cm³/mol. The van der Waals surface area contributed by atoms with Gasteiger partial charge in [0.25, 0.3) is 5.91 Å². The average molecular weight is 471 g/mol. The molecule has 0 bridgehead atoms.